The normalized spacial score (nSPS) is 13.7. The summed E-state index contributed by atoms with van der Waals surface area (Å²) in [6, 6.07) is -2.35. The van der Waals surface area contributed by atoms with Crippen LogP contribution >= 0.6 is 0 Å². The van der Waals surface area contributed by atoms with Gasteiger partial charge in [0.1, 0.15) is 12.1 Å². The molecule has 0 unspecified atom stereocenters. The number of hydrogen-bond acceptors (Lipinski definition) is 6. The first kappa shape index (κ1) is 23.3. The summed E-state index contributed by atoms with van der Waals surface area (Å²) < 4.78 is 30.9. The van der Waals surface area contributed by atoms with Crippen LogP contribution < -0.4 is 15.8 Å². The molecule has 0 saturated heterocycles. The summed E-state index contributed by atoms with van der Waals surface area (Å²) in [4.78, 5) is 34.6. The van der Waals surface area contributed by atoms with Gasteiger partial charge in [-0.15, -0.1) is 0 Å². The fourth-order valence-corrected chi connectivity index (χ4v) is 3.44. The maximum Gasteiger partial charge on any atom is 0.328 e. The van der Waals surface area contributed by atoms with E-state index in [1.165, 1.54) is 6.92 Å². The number of nitrogens with one attached hydrogen (secondary N) is 2. The second kappa shape index (κ2) is 11.8. The summed E-state index contributed by atoms with van der Waals surface area (Å²) in [5.41, 5.74) is 5.08. The number of hydrogen-bond donors (Lipinski definition) is 3. The van der Waals surface area contributed by atoms with Crippen LogP contribution in [0.1, 0.15) is 52.4 Å². The average Bonchev–Trinajstić information content (AvgIpc) is 2.52. The molecule has 2 atom stereocenters. The van der Waals surface area contributed by atoms with E-state index in [2.05, 4.69) is 21.7 Å². The Morgan fingerprint density at radius 2 is 1.72 bits per heavy atom. The first-order chi connectivity index (χ1) is 11.6. The molecule has 0 aromatic rings. The molecule has 0 spiro atoms. The molecule has 0 radical (unpaired) electrons. The molecular weight excluding hydrogens is 350 g/mol. The third-order valence-corrected chi connectivity index (χ3v) is 4.94. The van der Waals surface area contributed by atoms with E-state index < -0.39 is 46.3 Å². The van der Waals surface area contributed by atoms with E-state index in [1.54, 1.807) is 0 Å². The van der Waals surface area contributed by atoms with Gasteiger partial charge in [-0.1, -0.05) is 32.6 Å². The van der Waals surface area contributed by atoms with E-state index in [4.69, 9.17) is 5.73 Å². The number of rotatable bonds is 13. The summed E-state index contributed by atoms with van der Waals surface area (Å²) in [7, 11) is -2.60. The maximum atomic E-state index is 12.1. The molecule has 2 amide bonds. The lowest BCUT2D eigenvalue weighted by Gasteiger charge is -2.19. The first-order valence-corrected chi connectivity index (χ1v) is 9.94. The molecule has 0 aliphatic carbocycles. The van der Waals surface area contributed by atoms with Crippen LogP contribution in [0.5, 0.6) is 0 Å². The third kappa shape index (κ3) is 10.7. The van der Waals surface area contributed by atoms with E-state index >= 15 is 0 Å². The lowest BCUT2D eigenvalue weighted by atomic mass is 10.2. The van der Waals surface area contributed by atoms with Gasteiger partial charge in [-0.25, -0.2) is 17.9 Å². The van der Waals surface area contributed by atoms with Crippen molar-refractivity contribution < 1.29 is 27.5 Å². The van der Waals surface area contributed by atoms with Crippen molar-refractivity contribution in [3.8, 4) is 0 Å². The number of primary amides is 1. The van der Waals surface area contributed by atoms with E-state index in [0.29, 0.717) is 6.42 Å². The average molecular weight is 379 g/mol. The molecule has 25 heavy (non-hydrogen) atoms. The van der Waals surface area contributed by atoms with E-state index in [1.807, 2.05) is 0 Å². The van der Waals surface area contributed by atoms with Gasteiger partial charge in [-0.2, -0.15) is 0 Å². The Labute approximate surface area is 149 Å². The minimum absolute atomic E-state index is 0.147. The van der Waals surface area contributed by atoms with Crippen molar-refractivity contribution in [3.63, 3.8) is 0 Å². The van der Waals surface area contributed by atoms with Crippen molar-refractivity contribution in [2.24, 2.45) is 5.73 Å². The number of carbonyl (C=O) groups is 3. The Kier molecular flexibility index (Phi) is 11.0. The van der Waals surface area contributed by atoms with Gasteiger partial charge in [0.2, 0.25) is 21.8 Å². The molecule has 0 saturated carbocycles. The summed E-state index contributed by atoms with van der Waals surface area (Å²) in [5.74, 6) is -2.49. The number of carbonyl (C=O) groups excluding carboxylic acids is 3. The van der Waals surface area contributed by atoms with E-state index in [0.717, 1.165) is 32.8 Å². The molecule has 0 aliphatic heterocycles. The minimum atomic E-state index is -3.76. The Morgan fingerprint density at radius 1 is 1.12 bits per heavy atom. The molecule has 0 heterocycles. The molecule has 0 aromatic heterocycles. The smallest absolute Gasteiger partial charge is 0.328 e. The predicted octanol–water partition coefficient (Wildman–Crippen LogP) is -0.202. The quantitative estimate of drug-likeness (QED) is 0.298. The Hall–Kier alpha value is -1.68. The number of amides is 2. The zero-order chi connectivity index (χ0) is 19.5. The zero-order valence-corrected chi connectivity index (χ0v) is 15.9. The topological polar surface area (TPSA) is 145 Å². The van der Waals surface area contributed by atoms with Crippen LogP contribution in [0.15, 0.2) is 0 Å². The Bertz CT molecular complexity index is 549. The number of esters is 1. The third-order valence-electron chi connectivity index (χ3n) is 3.47. The molecule has 146 valence electrons. The highest BCUT2D eigenvalue weighted by Gasteiger charge is 2.28. The van der Waals surface area contributed by atoms with Crippen LogP contribution in [0.4, 0.5) is 0 Å². The highest BCUT2D eigenvalue weighted by atomic mass is 32.2. The van der Waals surface area contributed by atoms with Gasteiger partial charge in [0.05, 0.1) is 19.3 Å². The maximum absolute atomic E-state index is 12.1. The highest BCUT2D eigenvalue weighted by molar-refractivity contribution is 7.89. The van der Waals surface area contributed by atoms with Crippen molar-refractivity contribution in [3.05, 3.63) is 0 Å². The largest absolute Gasteiger partial charge is 0.467 e. The van der Waals surface area contributed by atoms with Crippen LogP contribution in [-0.2, 0) is 29.1 Å². The number of ether oxygens (including phenoxy) is 1. The SMILES string of the molecule is CCCCCCCS(=O)(=O)N[C@H](CC(N)=O)C(=O)N[C@@H](C)C(=O)OC. The molecule has 0 fully saturated rings. The Morgan fingerprint density at radius 3 is 2.24 bits per heavy atom. The van der Waals surface area contributed by atoms with Gasteiger partial charge in [0, 0.05) is 0 Å². The molecule has 10 heteroatoms. The lowest BCUT2D eigenvalue weighted by Crippen LogP contribution is -2.52. The van der Waals surface area contributed by atoms with Crippen molar-refractivity contribution in [2.75, 3.05) is 12.9 Å². The number of unbranched alkanes of at least 4 members (excludes halogenated alkanes) is 4. The van der Waals surface area contributed by atoms with E-state index in [9.17, 15) is 22.8 Å². The molecule has 0 bridgehead atoms. The van der Waals surface area contributed by atoms with Gasteiger partial charge in [-0.05, 0) is 13.3 Å². The number of methoxy groups -OCH3 is 1. The fourth-order valence-electron chi connectivity index (χ4n) is 2.11. The molecule has 4 N–H and O–H groups in total. The minimum Gasteiger partial charge on any atom is -0.467 e. The zero-order valence-electron chi connectivity index (χ0n) is 15.0. The van der Waals surface area contributed by atoms with Gasteiger partial charge in [0.15, 0.2) is 0 Å². The van der Waals surface area contributed by atoms with Crippen molar-refractivity contribution in [1.29, 1.82) is 0 Å². The number of nitrogens with two attached hydrogens (primary N) is 1. The molecule has 0 aliphatic rings. The molecule has 9 nitrogen and oxygen atoms in total. The van der Waals surface area contributed by atoms with Crippen molar-refractivity contribution >= 4 is 27.8 Å². The van der Waals surface area contributed by atoms with Crippen LogP contribution in [0, 0.1) is 0 Å². The fraction of sp³-hybridized carbons (Fsp3) is 0.800. The van der Waals surface area contributed by atoms with Crippen LogP contribution in [0.3, 0.4) is 0 Å². The van der Waals surface area contributed by atoms with Crippen molar-refractivity contribution in [1.82, 2.24) is 10.0 Å². The number of sulfonamides is 1. The summed E-state index contributed by atoms with van der Waals surface area (Å²) >= 11 is 0. The summed E-state index contributed by atoms with van der Waals surface area (Å²) in [6.07, 6.45) is 3.73. The molecule has 0 rings (SSSR count). The van der Waals surface area contributed by atoms with Gasteiger partial charge < -0.3 is 15.8 Å². The second-order valence-corrected chi connectivity index (χ2v) is 7.70. The monoisotopic (exact) mass is 379 g/mol. The molecule has 0 aromatic carbocycles. The second-order valence-electron chi connectivity index (χ2n) is 5.83. The van der Waals surface area contributed by atoms with E-state index in [-0.39, 0.29) is 5.75 Å². The lowest BCUT2D eigenvalue weighted by molar-refractivity contribution is -0.144. The van der Waals surface area contributed by atoms with Gasteiger partial charge in [0.25, 0.3) is 0 Å². The molecular formula is C15H29N3O6S. The van der Waals surface area contributed by atoms with Crippen LogP contribution in [0.2, 0.25) is 0 Å². The van der Waals surface area contributed by atoms with Gasteiger partial charge >= 0.3 is 5.97 Å². The van der Waals surface area contributed by atoms with Crippen LogP contribution in [-0.4, -0.2) is 51.1 Å². The first-order valence-electron chi connectivity index (χ1n) is 8.29. The summed E-state index contributed by atoms with van der Waals surface area (Å²) in [5, 5.41) is 2.29. The highest BCUT2D eigenvalue weighted by Crippen LogP contribution is 2.05. The van der Waals surface area contributed by atoms with Crippen molar-refractivity contribution in [2.45, 2.75) is 64.5 Å². The van der Waals surface area contributed by atoms with Crippen LogP contribution in [0.25, 0.3) is 0 Å². The summed E-state index contributed by atoms with van der Waals surface area (Å²) in [6.45, 7) is 3.44. The van der Waals surface area contributed by atoms with Gasteiger partial charge in [-0.3, -0.25) is 9.59 Å². The Balaban J connectivity index is 4.77. The predicted molar refractivity (Wildman–Crippen MR) is 92.9 cm³/mol. The standard InChI is InChI=1S/C15H29N3O6S/c1-4-5-6-7-8-9-25(22,23)18-12(10-13(16)19)14(20)17-11(2)15(21)24-3/h11-12,18H,4-10H2,1-3H3,(H2,16,19)(H,17,20)/t11-,12+/m0/s1.